The van der Waals surface area contributed by atoms with Crippen molar-refractivity contribution in [2.45, 2.75) is 152 Å². The van der Waals surface area contributed by atoms with Gasteiger partial charge in [0.2, 0.25) is 0 Å². The van der Waals surface area contributed by atoms with E-state index in [-0.39, 0.29) is 0 Å². The number of rotatable bonds is 33. The summed E-state index contributed by atoms with van der Waals surface area (Å²) in [5.41, 5.74) is 7.60. The van der Waals surface area contributed by atoms with Crippen molar-refractivity contribution < 1.29 is 18.6 Å². The van der Waals surface area contributed by atoms with Gasteiger partial charge in [-0.2, -0.15) is 0 Å². The number of unbranched alkanes of at least 4 members (excludes halogenated alkanes) is 18. The van der Waals surface area contributed by atoms with Crippen molar-refractivity contribution in [3.63, 3.8) is 0 Å². The third-order valence-corrected chi connectivity index (χ3v) is 11.3. The fourth-order valence-electron chi connectivity index (χ4n) is 4.87. The highest BCUT2D eigenvalue weighted by Gasteiger charge is 2.08. The third-order valence-electron chi connectivity index (χ3n) is 7.63. The van der Waals surface area contributed by atoms with Gasteiger partial charge < -0.3 is 0 Å². The normalized spacial score (nSPS) is 11.3. The molecule has 0 spiro atoms. The Morgan fingerprint density at radius 2 is 0.761 bits per heavy atom. The monoisotopic (exact) mass is 712 g/mol. The fourth-order valence-corrected chi connectivity index (χ4v) is 8.08. The summed E-state index contributed by atoms with van der Waals surface area (Å²) in [7, 11) is 3.27. The van der Waals surface area contributed by atoms with E-state index in [4.69, 9.17) is 18.6 Å². The number of hydrogen-bond donors (Lipinski definition) is 2. The van der Waals surface area contributed by atoms with Crippen molar-refractivity contribution in [2.75, 3.05) is 22.5 Å². The van der Waals surface area contributed by atoms with E-state index >= 15 is 0 Å². The highest BCUT2D eigenvalue weighted by Crippen LogP contribution is 2.43. The van der Waals surface area contributed by atoms with Crippen LogP contribution in [0.15, 0.2) is 58.3 Å². The van der Waals surface area contributed by atoms with E-state index in [2.05, 4.69) is 36.9 Å². The molecule has 0 bridgehead atoms. The molecule has 0 radical (unpaired) electrons. The van der Waals surface area contributed by atoms with E-state index < -0.39 is 0 Å². The number of nitrogens with one attached hydrogen (secondary N) is 2. The summed E-state index contributed by atoms with van der Waals surface area (Å²) < 4.78 is 10.6. The van der Waals surface area contributed by atoms with Gasteiger partial charge >= 0.3 is 0 Å². The summed E-state index contributed by atoms with van der Waals surface area (Å²) in [6.07, 6.45) is 26.7. The first kappa shape index (κ1) is 41.5. The Kier molecular flexibility index (Phi) is 28.4. The molecule has 0 amide bonds. The van der Waals surface area contributed by atoms with Crippen LogP contribution in [0.5, 0.6) is 0 Å². The van der Waals surface area contributed by atoms with Crippen LogP contribution in [-0.4, -0.2) is 11.5 Å². The van der Waals surface area contributed by atoms with Crippen LogP contribution in [0.25, 0.3) is 0 Å². The van der Waals surface area contributed by atoms with E-state index in [9.17, 15) is 0 Å². The van der Waals surface area contributed by atoms with Crippen molar-refractivity contribution in [3.05, 3.63) is 48.5 Å². The van der Waals surface area contributed by atoms with E-state index in [0.29, 0.717) is 0 Å². The molecular formula is C36H60N2O4S4. The van der Waals surface area contributed by atoms with E-state index in [1.807, 2.05) is 36.4 Å². The topological polar surface area (TPSA) is 61.0 Å². The molecule has 0 aliphatic carbocycles. The van der Waals surface area contributed by atoms with Crippen molar-refractivity contribution in [1.82, 2.24) is 0 Å². The van der Waals surface area contributed by atoms with Crippen molar-refractivity contribution in [2.24, 2.45) is 0 Å². The van der Waals surface area contributed by atoms with Gasteiger partial charge in [0.05, 0.1) is 11.4 Å². The minimum absolute atomic E-state index is 0.855. The molecule has 2 rings (SSSR count). The van der Waals surface area contributed by atoms with Crippen molar-refractivity contribution in [1.29, 1.82) is 0 Å². The smallest absolute Gasteiger partial charge is 0.0779 e. The predicted molar refractivity (Wildman–Crippen MR) is 205 cm³/mol. The number of hydrogen-bond acceptors (Lipinski definition) is 10. The zero-order chi connectivity index (χ0) is 32.6. The molecule has 0 aromatic heterocycles. The minimum atomic E-state index is 0.855. The molecular weight excluding hydrogens is 653 g/mol. The van der Waals surface area contributed by atoms with Crippen LogP contribution < -0.4 is 11.0 Å². The quantitative estimate of drug-likeness (QED) is 0.0246. The molecule has 0 heterocycles. The van der Waals surface area contributed by atoms with E-state index in [1.165, 1.54) is 140 Å². The first-order valence-corrected chi connectivity index (χ1v) is 21.8. The predicted octanol–water partition coefficient (Wildman–Crippen LogP) is 14.2. The summed E-state index contributed by atoms with van der Waals surface area (Å²) in [5.74, 6) is 1.86. The van der Waals surface area contributed by atoms with Gasteiger partial charge in [0.25, 0.3) is 0 Å². The van der Waals surface area contributed by atoms with Crippen LogP contribution in [0.4, 0.5) is 11.4 Å². The molecule has 0 atom stereocenters. The minimum Gasteiger partial charge on any atom is -0.233 e. The molecule has 6 nitrogen and oxygen atoms in total. The Morgan fingerprint density at radius 3 is 1.13 bits per heavy atom. The summed E-state index contributed by atoms with van der Waals surface area (Å²) in [6, 6.07) is 16.1. The molecule has 0 aliphatic rings. The Bertz CT molecular complexity index is 884. The number of benzene rings is 2. The van der Waals surface area contributed by atoms with Gasteiger partial charge in [-0.15, -0.1) is 18.6 Å². The molecule has 0 unspecified atom stereocenters. The van der Waals surface area contributed by atoms with Gasteiger partial charge in [-0.05, 0) is 37.1 Å². The molecule has 0 aliphatic heterocycles. The molecule has 2 N–H and O–H groups in total. The third kappa shape index (κ3) is 22.8. The van der Waals surface area contributed by atoms with Crippen LogP contribution in [0, 0.1) is 0 Å². The number of anilines is 2. The Hall–Kier alpha value is -0.720. The molecule has 2 aromatic rings. The van der Waals surface area contributed by atoms with Crippen LogP contribution >= 0.6 is 45.7 Å². The molecule has 0 saturated heterocycles. The van der Waals surface area contributed by atoms with Gasteiger partial charge in [0.15, 0.2) is 0 Å². The lowest BCUT2D eigenvalue weighted by Gasteiger charge is -2.12. The fraction of sp³-hybridized carbons (Fsp3) is 0.667. The van der Waals surface area contributed by atoms with Crippen LogP contribution in [0.3, 0.4) is 0 Å². The SMILES string of the molecule is CCCCCCCCCCCCSOONc1ccccc1SSc1ccccc1NOOSCCCCCCCCCCCC. The van der Waals surface area contributed by atoms with Crippen molar-refractivity contribution in [3.8, 4) is 0 Å². The molecule has 2 aromatic carbocycles. The molecule has 0 fully saturated rings. The largest absolute Gasteiger partial charge is 0.233 e. The maximum atomic E-state index is 5.32. The second-order valence-electron chi connectivity index (χ2n) is 11.7. The first-order chi connectivity index (χ1) is 22.8. The lowest BCUT2D eigenvalue weighted by Crippen LogP contribution is -2.01. The summed E-state index contributed by atoms with van der Waals surface area (Å²) in [6.45, 7) is 4.54. The van der Waals surface area contributed by atoms with Gasteiger partial charge in [0.1, 0.15) is 0 Å². The van der Waals surface area contributed by atoms with Gasteiger partial charge in [0, 0.05) is 45.4 Å². The highest BCUT2D eigenvalue weighted by atomic mass is 33.1. The van der Waals surface area contributed by atoms with Gasteiger partial charge in [-0.3, -0.25) is 0 Å². The number of para-hydroxylation sites is 2. The van der Waals surface area contributed by atoms with Crippen LogP contribution in [0.2, 0.25) is 0 Å². The van der Waals surface area contributed by atoms with E-state index in [0.717, 1.165) is 45.5 Å². The first-order valence-electron chi connectivity index (χ1n) is 17.8. The lowest BCUT2D eigenvalue weighted by atomic mass is 10.1. The average Bonchev–Trinajstić information content (AvgIpc) is 3.08. The maximum Gasteiger partial charge on any atom is 0.0779 e. The highest BCUT2D eigenvalue weighted by molar-refractivity contribution is 8.76. The zero-order valence-corrected chi connectivity index (χ0v) is 31.7. The second-order valence-corrected chi connectivity index (χ2v) is 15.4. The molecule has 262 valence electrons. The Labute approximate surface area is 297 Å². The average molecular weight is 713 g/mol. The summed E-state index contributed by atoms with van der Waals surface area (Å²) >= 11 is 2.71. The van der Waals surface area contributed by atoms with Gasteiger partial charge in [-0.1, -0.05) is 175 Å². The maximum absolute atomic E-state index is 5.32. The van der Waals surface area contributed by atoms with Crippen LogP contribution in [-0.2, 0) is 18.6 Å². The Morgan fingerprint density at radius 1 is 0.435 bits per heavy atom. The summed E-state index contributed by atoms with van der Waals surface area (Å²) in [5, 5.41) is 0. The lowest BCUT2D eigenvalue weighted by molar-refractivity contribution is -0.161. The Balaban J connectivity index is 1.52. The molecule has 0 saturated carbocycles. The summed E-state index contributed by atoms with van der Waals surface area (Å²) in [4.78, 5) is 12.7. The van der Waals surface area contributed by atoms with Crippen LogP contribution in [0.1, 0.15) is 142 Å². The zero-order valence-electron chi connectivity index (χ0n) is 28.4. The molecule has 46 heavy (non-hydrogen) atoms. The second kappa shape index (κ2) is 31.5. The van der Waals surface area contributed by atoms with Crippen molar-refractivity contribution >= 4 is 57.0 Å². The molecule has 10 heteroatoms. The van der Waals surface area contributed by atoms with E-state index in [1.54, 1.807) is 21.6 Å². The van der Waals surface area contributed by atoms with Gasteiger partial charge in [-0.25, -0.2) is 11.0 Å². The standard InChI is InChI=1S/C36H60N2O4S4/c1-3-5-7-9-11-13-15-17-19-25-31-43-41-39-37-33-27-21-23-29-35(33)45-46-36-30-24-22-28-34(36)38-40-42-44-32-26-20-18-16-14-12-10-8-6-4-2/h21-24,27-30,37-38H,3-20,25-26,31-32H2,1-2H3.